The zero-order chi connectivity index (χ0) is 6.41. The Morgan fingerprint density at radius 2 is 2.25 bits per heavy atom. The van der Waals surface area contributed by atoms with Crippen LogP contribution in [0.4, 0.5) is 0 Å². The third-order valence-electron chi connectivity index (χ3n) is 0.656. The molecule has 0 aromatic heterocycles. The Hall–Kier alpha value is -1.05. The fourth-order valence-electron chi connectivity index (χ4n) is 0.247. The zero-order valence-corrected chi connectivity index (χ0v) is 4.79. The van der Waals surface area contributed by atoms with Crippen LogP contribution in [0.3, 0.4) is 0 Å². The van der Waals surface area contributed by atoms with Gasteiger partial charge in [0.25, 0.3) is 0 Å². The molecule has 0 saturated heterocycles. The van der Waals surface area contributed by atoms with Gasteiger partial charge in [-0.25, -0.2) is 0 Å². The smallest absolute Gasteiger partial charge is 0.145 e. The number of hydrogen-bond acceptors (Lipinski definition) is 2. The fraction of sp³-hybridized carbons (Fsp3) is 0.167. The molecule has 0 aliphatic heterocycles. The summed E-state index contributed by atoms with van der Waals surface area (Å²) >= 11 is 0. The van der Waals surface area contributed by atoms with Crippen molar-refractivity contribution in [1.82, 2.24) is 0 Å². The summed E-state index contributed by atoms with van der Waals surface area (Å²) in [6.45, 7) is 1.72. The lowest BCUT2D eigenvalue weighted by Gasteiger charge is -1.77. The molecule has 0 radical (unpaired) electrons. The predicted molar refractivity (Wildman–Crippen MR) is 33.1 cm³/mol. The molecular formula is C6H9NO. The van der Waals surface area contributed by atoms with Crippen LogP contribution in [0.5, 0.6) is 0 Å². The Morgan fingerprint density at radius 3 is 2.62 bits per heavy atom. The van der Waals surface area contributed by atoms with E-state index >= 15 is 0 Å². The minimum Gasteiger partial charge on any atom is -0.405 e. The maximum Gasteiger partial charge on any atom is 0.145 e. The van der Waals surface area contributed by atoms with Gasteiger partial charge in [0.05, 0.1) is 0 Å². The molecule has 0 fully saturated rings. The maximum absolute atomic E-state index is 9.87. The van der Waals surface area contributed by atoms with Gasteiger partial charge in [0.15, 0.2) is 0 Å². The molecule has 2 N–H and O–H groups in total. The first-order chi connectivity index (χ1) is 3.81. The van der Waals surface area contributed by atoms with Crippen molar-refractivity contribution in [2.45, 2.75) is 6.92 Å². The van der Waals surface area contributed by atoms with Crippen LogP contribution in [0.1, 0.15) is 6.92 Å². The van der Waals surface area contributed by atoms with Crippen LogP contribution in [-0.2, 0) is 4.79 Å². The van der Waals surface area contributed by atoms with Crippen molar-refractivity contribution in [3.8, 4) is 0 Å². The first-order valence-electron chi connectivity index (χ1n) is 2.31. The van der Waals surface area contributed by atoms with Crippen molar-refractivity contribution in [1.29, 1.82) is 0 Å². The summed E-state index contributed by atoms with van der Waals surface area (Å²) in [7, 11) is 0. The van der Waals surface area contributed by atoms with Gasteiger partial charge in [-0.15, -0.1) is 0 Å². The lowest BCUT2D eigenvalue weighted by Crippen LogP contribution is -1.76. The van der Waals surface area contributed by atoms with Crippen molar-refractivity contribution in [3.05, 3.63) is 23.9 Å². The largest absolute Gasteiger partial charge is 0.405 e. The average Bonchev–Trinajstić information content (AvgIpc) is 1.83. The Labute approximate surface area is 48.7 Å². The molecule has 0 aliphatic carbocycles. The van der Waals surface area contributed by atoms with E-state index in [4.69, 9.17) is 5.73 Å². The second kappa shape index (κ2) is 4.12. The minimum atomic E-state index is 0.673. The average molecular weight is 111 g/mol. The molecule has 0 bridgehead atoms. The van der Waals surface area contributed by atoms with Gasteiger partial charge in [0.2, 0.25) is 0 Å². The topological polar surface area (TPSA) is 43.1 Å². The number of carbonyl (C=O) groups is 1. The molecule has 0 amide bonds. The van der Waals surface area contributed by atoms with Gasteiger partial charge in [0, 0.05) is 0 Å². The highest BCUT2D eigenvalue weighted by atomic mass is 16.1. The number of carbonyl (C=O) groups excluding carboxylic acids is 1. The van der Waals surface area contributed by atoms with E-state index in [2.05, 4.69) is 0 Å². The molecular weight excluding hydrogens is 102 g/mol. The van der Waals surface area contributed by atoms with Crippen molar-refractivity contribution >= 4 is 6.29 Å². The summed E-state index contributed by atoms with van der Waals surface area (Å²) in [5.74, 6) is 0. The van der Waals surface area contributed by atoms with Crippen LogP contribution < -0.4 is 5.73 Å². The molecule has 0 saturated carbocycles. The van der Waals surface area contributed by atoms with Gasteiger partial charge in [-0.3, -0.25) is 4.79 Å². The summed E-state index contributed by atoms with van der Waals surface area (Å²) in [6, 6.07) is 0. The second-order valence-corrected chi connectivity index (χ2v) is 1.41. The van der Waals surface area contributed by atoms with Gasteiger partial charge in [-0.05, 0) is 24.8 Å². The lowest BCUT2D eigenvalue weighted by molar-refractivity contribution is -0.104. The lowest BCUT2D eigenvalue weighted by atomic mass is 10.3. The molecule has 0 aliphatic rings. The number of allylic oxidation sites excluding steroid dienone is 3. The summed E-state index contributed by atoms with van der Waals surface area (Å²) in [6.07, 6.45) is 5.42. The van der Waals surface area contributed by atoms with E-state index in [-0.39, 0.29) is 0 Å². The molecule has 0 heterocycles. The normalized spacial score (nSPS) is 12.4. The summed E-state index contributed by atoms with van der Waals surface area (Å²) in [5, 5.41) is 0. The van der Waals surface area contributed by atoms with Crippen molar-refractivity contribution in [3.63, 3.8) is 0 Å². The van der Waals surface area contributed by atoms with E-state index in [9.17, 15) is 4.79 Å². The Morgan fingerprint density at radius 1 is 1.62 bits per heavy atom. The number of aldehydes is 1. The summed E-state index contributed by atoms with van der Waals surface area (Å²) in [4.78, 5) is 9.87. The third-order valence-corrected chi connectivity index (χ3v) is 0.656. The molecule has 0 unspecified atom stereocenters. The van der Waals surface area contributed by atoms with E-state index in [1.54, 1.807) is 19.1 Å². The highest BCUT2D eigenvalue weighted by molar-refractivity contribution is 5.72. The van der Waals surface area contributed by atoms with E-state index in [0.29, 0.717) is 5.57 Å². The molecule has 44 valence electrons. The summed E-state index contributed by atoms with van der Waals surface area (Å²) < 4.78 is 0. The highest BCUT2D eigenvalue weighted by Crippen LogP contribution is 1.84. The minimum absolute atomic E-state index is 0.673. The van der Waals surface area contributed by atoms with E-state index < -0.39 is 0 Å². The SMILES string of the molecule is C/C(C=O)=C\C=C/N. The Balaban J connectivity index is 3.74. The number of rotatable bonds is 2. The standard InChI is InChI=1S/C6H9NO/c1-6(5-8)3-2-4-7/h2-5H,7H2,1H3/b4-2-,6-3+. The highest BCUT2D eigenvalue weighted by Gasteiger charge is 1.75. The van der Waals surface area contributed by atoms with Crippen LogP contribution in [0.25, 0.3) is 0 Å². The van der Waals surface area contributed by atoms with Gasteiger partial charge < -0.3 is 5.73 Å². The van der Waals surface area contributed by atoms with E-state index in [1.807, 2.05) is 0 Å². The van der Waals surface area contributed by atoms with Gasteiger partial charge in [-0.1, -0.05) is 6.08 Å². The van der Waals surface area contributed by atoms with Crippen LogP contribution in [-0.4, -0.2) is 6.29 Å². The first kappa shape index (κ1) is 6.95. The quantitative estimate of drug-likeness (QED) is 0.322. The maximum atomic E-state index is 9.87. The second-order valence-electron chi connectivity index (χ2n) is 1.41. The fourth-order valence-corrected chi connectivity index (χ4v) is 0.247. The van der Waals surface area contributed by atoms with Crippen LogP contribution in [0.2, 0.25) is 0 Å². The predicted octanol–water partition coefficient (Wildman–Crippen LogP) is 0.604. The number of nitrogens with two attached hydrogens (primary N) is 1. The van der Waals surface area contributed by atoms with Crippen molar-refractivity contribution < 1.29 is 4.79 Å². The first-order valence-corrected chi connectivity index (χ1v) is 2.31. The molecule has 2 heteroatoms. The Kier molecular flexibility index (Phi) is 3.58. The Bertz CT molecular complexity index is 124. The van der Waals surface area contributed by atoms with Crippen LogP contribution in [0.15, 0.2) is 23.9 Å². The van der Waals surface area contributed by atoms with Gasteiger partial charge >= 0.3 is 0 Å². The molecule has 0 aromatic carbocycles. The summed E-state index contributed by atoms with van der Waals surface area (Å²) in [5.41, 5.74) is 5.66. The van der Waals surface area contributed by atoms with Crippen molar-refractivity contribution in [2.75, 3.05) is 0 Å². The van der Waals surface area contributed by atoms with Crippen LogP contribution in [0, 0.1) is 0 Å². The number of hydrogen-bond donors (Lipinski definition) is 1. The molecule has 2 nitrogen and oxygen atoms in total. The molecule has 0 rings (SSSR count). The van der Waals surface area contributed by atoms with Gasteiger partial charge in [0.1, 0.15) is 6.29 Å². The van der Waals surface area contributed by atoms with Crippen molar-refractivity contribution in [2.24, 2.45) is 5.73 Å². The van der Waals surface area contributed by atoms with E-state index in [0.717, 1.165) is 6.29 Å². The molecule has 0 spiro atoms. The molecule has 8 heavy (non-hydrogen) atoms. The molecule has 0 aromatic rings. The van der Waals surface area contributed by atoms with Gasteiger partial charge in [-0.2, -0.15) is 0 Å². The molecule has 0 atom stereocenters. The third kappa shape index (κ3) is 3.15. The van der Waals surface area contributed by atoms with E-state index in [1.165, 1.54) is 6.20 Å². The monoisotopic (exact) mass is 111 g/mol. The van der Waals surface area contributed by atoms with Crippen LogP contribution >= 0.6 is 0 Å². The zero-order valence-electron chi connectivity index (χ0n) is 4.79.